The van der Waals surface area contributed by atoms with Crippen LogP contribution in [0.4, 0.5) is 4.39 Å². The molecule has 5 aromatic rings. The minimum atomic E-state index is -0.383. The topological polar surface area (TPSA) is 26.0 Å². The fourth-order valence-corrected chi connectivity index (χ4v) is 3.78. The number of hydrogen-bond acceptors (Lipinski definition) is 2. The molecule has 27 heavy (non-hydrogen) atoms. The molecule has 5 rings (SSSR count). The molecule has 0 unspecified atom stereocenters. The zero-order valence-electron chi connectivity index (χ0n) is 14.1. The lowest BCUT2D eigenvalue weighted by Gasteiger charge is -2.10. The van der Waals surface area contributed by atoms with Crippen LogP contribution < -0.4 is 0 Å². The van der Waals surface area contributed by atoms with Crippen LogP contribution >= 0.6 is 15.9 Å². The standard InChI is InChI=1S/C23H13BrFNO/c24-16-10-6-9-15(13-16)19-20(25)21(14-7-2-1-3-8-14)26-22-17-11-4-5-12-18(17)27-23(19)22/h1-13H. The van der Waals surface area contributed by atoms with Crippen molar-refractivity contribution in [3.8, 4) is 22.4 Å². The van der Waals surface area contributed by atoms with Crippen molar-refractivity contribution in [2.45, 2.75) is 0 Å². The van der Waals surface area contributed by atoms with Gasteiger partial charge in [0.2, 0.25) is 0 Å². The summed E-state index contributed by atoms with van der Waals surface area (Å²) in [5.74, 6) is -0.383. The van der Waals surface area contributed by atoms with Crippen molar-refractivity contribution in [2.24, 2.45) is 0 Å². The number of pyridine rings is 1. The van der Waals surface area contributed by atoms with E-state index in [1.54, 1.807) is 0 Å². The van der Waals surface area contributed by atoms with Crippen LogP contribution in [0.15, 0.2) is 87.8 Å². The van der Waals surface area contributed by atoms with Crippen molar-refractivity contribution >= 4 is 38.0 Å². The molecular weight excluding hydrogens is 405 g/mol. The third-order valence-electron chi connectivity index (χ3n) is 4.61. The molecule has 0 aliphatic carbocycles. The highest BCUT2D eigenvalue weighted by Gasteiger charge is 2.22. The molecule has 0 saturated heterocycles. The maximum absolute atomic E-state index is 15.7. The average Bonchev–Trinajstić information content (AvgIpc) is 3.06. The van der Waals surface area contributed by atoms with Crippen molar-refractivity contribution in [1.29, 1.82) is 0 Å². The predicted molar refractivity (Wildman–Crippen MR) is 110 cm³/mol. The van der Waals surface area contributed by atoms with Gasteiger partial charge in [0.1, 0.15) is 16.8 Å². The Labute approximate surface area is 163 Å². The first-order chi connectivity index (χ1) is 13.2. The van der Waals surface area contributed by atoms with Gasteiger partial charge in [-0.2, -0.15) is 0 Å². The zero-order valence-corrected chi connectivity index (χ0v) is 15.7. The van der Waals surface area contributed by atoms with Crippen LogP contribution in [0, 0.1) is 5.82 Å². The molecule has 0 aliphatic rings. The van der Waals surface area contributed by atoms with Crippen molar-refractivity contribution in [1.82, 2.24) is 4.98 Å². The number of benzene rings is 3. The number of rotatable bonds is 2. The van der Waals surface area contributed by atoms with Gasteiger partial charge < -0.3 is 4.42 Å². The van der Waals surface area contributed by atoms with Crippen LogP contribution in [0.3, 0.4) is 0 Å². The van der Waals surface area contributed by atoms with Gasteiger partial charge in [-0.05, 0) is 29.8 Å². The molecule has 0 saturated carbocycles. The van der Waals surface area contributed by atoms with E-state index in [0.29, 0.717) is 27.9 Å². The van der Waals surface area contributed by atoms with E-state index in [9.17, 15) is 0 Å². The number of nitrogens with zero attached hydrogens (tertiary/aromatic N) is 1. The maximum atomic E-state index is 15.7. The SMILES string of the molecule is Fc1c(-c2ccccc2)nc2c(oc3ccccc32)c1-c1cccc(Br)c1. The molecule has 0 bridgehead atoms. The van der Waals surface area contributed by atoms with Gasteiger partial charge in [0.15, 0.2) is 11.4 Å². The Balaban J connectivity index is 1.95. The second-order valence-corrected chi connectivity index (χ2v) is 7.22. The zero-order chi connectivity index (χ0) is 18.4. The summed E-state index contributed by atoms with van der Waals surface area (Å²) in [7, 11) is 0. The molecule has 2 nitrogen and oxygen atoms in total. The maximum Gasteiger partial charge on any atom is 0.164 e. The summed E-state index contributed by atoms with van der Waals surface area (Å²) in [6.45, 7) is 0. The minimum Gasteiger partial charge on any atom is -0.454 e. The minimum absolute atomic E-state index is 0.324. The number of halogens is 2. The van der Waals surface area contributed by atoms with E-state index in [-0.39, 0.29) is 5.82 Å². The molecule has 0 N–H and O–H groups in total. The van der Waals surface area contributed by atoms with Crippen LogP contribution in [0.5, 0.6) is 0 Å². The normalized spacial score (nSPS) is 11.3. The van der Waals surface area contributed by atoms with Crippen LogP contribution in [-0.2, 0) is 0 Å². The predicted octanol–water partition coefficient (Wildman–Crippen LogP) is 7.22. The third-order valence-corrected chi connectivity index (χ3v) is 5.10. The Hall–Kier alpha value is -2.98. The first kappa shape index (κ1) is 16.2. The summed E-state index contributed by atoms with van der Waals surface area (Å²) >= 11 is 3.48. The van der Waals surface area contributed by atoms with Gasteiger partial charge in [-0.25, -0.2) is 9.37 Å². The summed E-state index contributed by atoms with van der Waals surface area (Å²) in [6, 6.07) is 24.6. The lowest BCUT2D eigenvalue weighted by atomic mass is 10.0. The Morgan fingerprint density at radius 1 is 0.815 bits per heavy atom. The third kappa shape index (κ3) is 2.64. The molecule has 2 aromatic heterocycles. The van der Waals surface area contributed by atoms with E-state index < -0.39 is 0 Å². The molecule has 130 valence electrons. The molecule has 0 radical (unpaired) electrons. The van der Waals surface area contributed by atoms with Gasteiger partial charge in [0.05, 0.1) is 5.56 Å². The highest BCUT2D eigenvalue weighted by Crippen LogP contribution is 2.40. The summed E-state index contributed by atoms with van der Waals surface area (Å²) in [6.07, 6.45) is 0. The Bertz CT molecular complexity index is 1290. The van der Waals surface area contributed by atoms with Crippen molar-refractivity contribution in [3.05, 3.63) is 89.2 Å². The molecular formula is C23H13BrFNO. The summed E-state index contributed by atoms with van der Waals surface area (Å²) in [4.78, 5) is 4.66. The molecule has 2 heterocycles. The fourth-order valence-electron chi connectivity index (χ4n) is 3.38. The van der Waals surface area contributed by atoms with Crippen LogP contribution in [0.25, 0.3) is 44.5 Å². The second kappa shape index (κ2) is 6.32. The first-order valence-corrected chi connectivity index (χ1v) is 9.34. The van der Waals surface area contributed by atoms with Crippen LogP contribution in [-0.4, -0.2) is 4.98 Å². The summed E-state index contributed by atoms with van der Waals surface area (Å²) < 4.78 is 22.6. The number of para-hydroxylation sites is 1. The highest BCUT2D eigenvalue weighted by atomic mass is 79.9. The molecule has 0 atom stereocenters. The summed E-state index contributed by atoms with van der Waals surface area (Å²) in [5, 5.41) is 0.876. The van der Waals surface area contributed by atoms with Crippen molar-refractivity contribution < 1.29 is 8.81 Å². The van der Waals surface area contributed by atoms with Gasteiger partial charge in [0.25, 0.3) is 0 Å². The smallest absolute Gasteiger partial charge is 0.164 e. The van der Waals surface area contributed by atoms with Crippen LogP contribution in [0.1, 0.15) is 0 Å². The molecule has 4 heteroatoms. The number of hydrogen-bond donors (Lipinski definition) is 0. The highest BCUT2D eigenvalue weighted by molar-refractivity contribution is 9.10. The van der Waals surface area contributed by atoms with E-state index in [2.05, 4.69) is 20.9 Å². The molecule has 0 amide bonds. The van der Waals surface area contributed by atoms with E-state index in [1.165, 1.54) is 0 Å². The average molecular weight is 418 g/mol. The molecule has 0 fully saturated rings. The quantitative estimate of drug-likeness (QED) is 0.303. The van der Waals surface area contributed by atoms with Gasteiger partial charge >= 0.3 is 0 Å². The Kier molecular flexibility index (Phi) is 3.80. The van der Waals surface area contributed by atoms with Gasteiger partial charge in [-0.15, -0.1) is 0 Å². The van der Waals surface area contributed by atoms with E-state index in [4.69, 9.17) is 4.42 Å². The van der Waals surface area contributed by atoms with Gasteiger partial charge in [-0.1, -0.05) is 70.5 Å². The van der Waals surface area contributed by atoms with Crippen molar-refractivity contribution in [2.75, 3.05) is 0 Å². The largest absolute Gasteiger partial charge is 0.454 e. The molecule has 3 aromatic carbocycles. The lowest BCUT2D eigenvalue weighted by Crippen LogP contribution is -1.95. The lowest BCUT2D eigenvalue weighted by molar-refractivity contribution is 0.620. The summed E-state index contributed by atoms with van der Waals surface area (Å²) in [5.41, 5.74) is 4.05. The first-order valence-electron chi connectivity index (χ1n) is 8.54. The number of furan rings is 1. The van der Waals surface area contributed by atoms with E-state index >= 15 is 4.39 Å². The monoisotopic (exact) mass is 417 g/mol. The molecule has 0 spiro atoms. The molecule has 0 aliphatic heterocycles. The van der Waals surface area contributed by atoms with Gasteiger partial charge in [-0.3, -0.25) is 0 Å². The van der Waals surface area contributed by atoms with E-state index in [1.807, 2.05) is 78.9 Å². The Morgan fingerprint density at radius 3 is 2.37 bits per heavy atom. The fraction of sp³-hybridized carbons (Fsp3) is 0. The van der Waals surface area contributed by atoms with Crippen molar-refractivity contribution in [3.63, 3.8) is 0 Å². The number of fused-ring (bicyclic) bond motifs is 3. The van der Waals surface area contributed by atoms with Crippen LogP contribution in [0.2, 0.25) is 0 Å². The number of aromatic nitrogens is 1. The van der Waals surface area contributed by atoms with E-state index in [0.717, 1.165) is 21.0 Å². The second-order valence-electron chi connectivity index (χ2n) is 6.30. The Morgan fingerprint density at radius 2 is 1.56 bits per heavy atom. The van der Waals surface area contributed by atoms with Gasteiger partial charge in [0, 0.05) is 15.4 Å².